The Labute approximate surface area is 178 Å². The van der Waals surface area contributed by atoms with Crippen LogP contribution in [0.5, 0.6) is 5.75 Å². The molecule has 0 aromatic heterocycles. The van der Waals surface area contributed by atoms with Gasteiger partial charge in [-0.1, -0.05) is 48.5 Å². The van der Waals surface area contributed by atoms with Crippen molar-refractivity contribution in [2.75, 3.05) is 19.7 Å². The van der Waals surface area contributed by atoms with Crippen molar-refractivity contribution in [1.82, 2.24) is 4.90 Å². The lowest BCUT2D eigenvalue weighted by Crippen LogP contribution is -2.47. The van der Waals surface area contributed by atoms with Crippen molar-refractivity contribution in [3.05, 3.63) is 71.8 Å². The SMILES string of the molecule is CC(C)(C)OC(=O)N1CCC(c2ccc(OC/C=C/c3ccccc3)cc2)C(O)C1. The van der Waals surface area contributed by atoms with Gasteiger partial charge < -0.3 is 19.5 Å². The number of carbonyl (C=O) groups excluding carboxylic acids is 1. The molecule has 5 heteroatoms. The van der Waals surface area contributed by atoms with Crippen LogP contribution < -0.4 is 4.74 Å². The molecular weight excluding hydrogens is 378 g/mol. The third-order valence-corrected chi connectivity index (χ3v) is 5.00. The van der Waals surface area contributed by atoms with Crippen LogP contribution in [-0.2, 0) is 4.74 Å². The Kier molecular flexibility index (Phi) is 7.16. The minimum absolute atomic E-state index is 0.00397. The number of amides is 1. The number of piperidine rings is 1. The maximum atomic E-state index is 12.2. The molecular formula is C25H31NO4. The van der Waals surface area contributed by atoms with Gasteiger partial charge in [0.1, 0.15) is 18.0 Å². The molecule has 3 rings (SSSR count). The highest BCUT2D eigenvalue weighted by atomic mass is 16.6. The summed E-state index contributed by atoms with van der Waals surface area (Å²) in [7, 11) is 0. The van der Waals surface area contributed by atoms with Gasteiger partial charge in [-0.05, 0) is 56.5 Å². The topological polar surface area (TPSA) is 59.0 Å². The first-order chi connectivity index (χ1) is 14.3. The summed E-state index contributed by atoms with van der Waals surface area (Å²) in [6, 6.07) is 17.9. The predicted octanol–water partition coefficient (Wildman–Crippen LogP) is 4.86. The molecule has 5 nitrogen and oxygen atoms in total. The van der Waals surface area contributed by atoms with Gasteiger partial charge in [-0.2, -0.15) is 0 Å². The van der Waals surface area contributed by atoms with Crippen LogP contribution in [0.4, 0.5) is 4.79 Å². The highest BCUT2D eigenvalue weighted by Gasteiger charge is 2.33. The van der Waals surface area contributed by atoms with E-state index in [0.717, 1.165) is 16.9 Å². The molecule has 0 radical (unpaired) electrons. The Hall–Kier alpha value is -2.79. The first-order valence-corrected chi connectivity index (χ1v) is 10.4. The second-order valence-electron chi connectivity index (χ2n) is 8.58. The van der Waals surface area contributed by atoms with Gasteiger partial charge in [0.25, 0.3) is 0 Å². The number of carbonyl (C=O) groups is 1. The summed E-state index contributed by atoms with van der Waals surface area (Å²) >= 11 is 0. The van der Waals surface area contributed by atoms with Crippen LogP contribution >= 0.6 is 0 Å². The van der Waals surface area contributed by atoms with E-state index < -0.39 is 11.7 Å². The number of hydrogen-bond donors (Lipinski definition) is 1. The van der Waals surface area contributed by atoms with Crippen LogP contribution in [0.2, 0.25) is 0 Å². The summed E-state index contributed by atoms with van der Waals surface area (Å²) in [5, 5.41) is 10.6. The van der Waals surface area contributed by atoms with Gasteiger partial charge in [0.05, 0.1) is 12.6 Å². The van der Waals surface area contributed by atoms with Crippen LogP contribution in [0.25, 0.3) is 6.08 Å². The van der Waals surface area contributed by atoms with Gasteiger partial charge in [-0.3, -0.25) is 0 Å². The monoisotopic (exact) mass is 409 g/mol. The summed E-state index contributed by atoms with van der Waals surface area (Å²) in [5.41, 5.74) is 1.66. The summed E-state index contributed by atoms with van der Waals surface area (Å²) < 4.78 is 11.2. The minimum Gasteiger partial charge on any atom is -0.490 e. The smallest absolute Gasteiger partial charge is 0.410 e. The van der Waals surface area contributed by atoms with Crippen LogP contribution in [0.1, 0.15) is 44.2 Å². The maximum Gasteiger partial charge on any atom is 0.410 e. The summed E-state index contributed by atoms with van der Waals surface area (Å²) in [6.45, 7) is 6.87. The first-order valence-electron chi connectivity index (χ1n) is 10.4. The van der Waals surface area contributed by atoms with Crippen molar-refractivity contribution in [2.45, 2.75) is 44.8 Å². The third-order valence-electron chi connectivity index (χ3n) is 5.00. The molecule has 0 spiro atoms. The van der Waals surface area contributed by atoms with Gasteiger partial charge in [0.2, 0.25) is 0 Å². The highest BCUT2D eigenvalue weighted by Crippen LogP contribution is 2.30. The average molecular weight is 410 g/mol. The van der Waals surface area contributed by atoms with Gasteiger partial charge in [0, 0.05) is 12.5 Å². The molecule has 2 atom stereocenters. The Morgan fingerprint density at radius 1 is 1.13 bits per heavy atom. The average Bonchev–Trinajstić information content (AvgIpc) is 2.71. The van der Waals surface area contributed by atoms with E-state index >= 15 is 0 Å². The lowest BCUT2D eigenvalue weighted by Gasteiger charge is -2.36. The molecule has 0 aliphatic carbocycles. The van der Waals surface area contributed by atoms with Crippen molar-refractivity contribution >= 4 is 12.2 Å². The van der Waals surface area contributed by atoms with Gasteiger partial charge in [-0.25, -0.2) is 4.79 Å². The van der Waals surface area contributed by atoms with Crippen LogP contribution in [-0.4, -0.2) is 47.5 Å². The first kappa shape index (κ1) is 21.9. The molecule has 1 N–H and O–H groups in total. The van der Waals surface area contributed by atoms with E-state index in [0.29, 0.717) is 19.6 Å². The number of rotatable bonds is 5. The third kappa shape index (κ3) is 6.36. The van der Waals surface area contributed by atoms with Crippen LogP contribution in [0, 0.1) is 0 Å². The standard InChI is InChI=1S/C25H31NO4/c1-25(2,3)30-24(28)26-16-15-22(23(27)18-26)20-11-13-21(14-12-20)29-17-7-10-19-8-5-4-6-9-19/h4-14,22-23,27H,15-18H2,1-3H3/b10-7+. The number of hydrogen-bond acceptors (Lipinski definition) is 4. The van der Waals surface area contributed by atoms with E-state index in [1.54, 1.807) is 4.90 Å². The fourth-order valence-corrected chi connectivity index (χ4v) is 3.52. The number of benzene rings is 2. The summed E-state index contributed by atoms with van der Waals surface area (Å²) in [4.78, 5) is 13.8. The lowest BCUT2D eigenvalue weighted by molar-refractivity contribution is -0.00152. The molecule has 1 saturated heterocycles. The van der Waals surface area contributed by atoms with Crippen molar-refractivity contribution < 1.29 is 19.4 Å². The molecule has 1 heterocycles. The van der Waals surface area contributed by atoms with E-state index in [2.05, 4.69) is 0 Å². The molecule has 1 aliphatic heterocycles. The second-order valence-corrected chi connectivity index (χ2v) is 8.58. The Bertz CT molecular complexity index is 840. The number of ether oxygens (including phenoxy) is 2. The molecule has 160 valence electrons. The highest BCUT2D eigenvalue weighted by molar-refractivity contribution is 5.68. The number of β-amino-alcohol motifs (C(OH)–C–C–N with tert-alkyl or cyclic N) is 1. The predicted molar refractivity (Wildman–Crippen MR) is 119 cm³/mol. The minimum atomic E-state index is -0.619. The van der Waals surface area contributed by atoms with Gasteiger partial charge >= 0.3 is 6.09 Å². The molecule has 2 aromatic rings. The Morgan fingerprint density at radius 2 is 1.83 bits per heavy atom. The number of aliphatic hydroxyl groups excluding tert-OH is 1. The number of likely N-dealkylation sites (tertiary alicyclic amines) is 1. The Morgan fingerprint density at radius 3 is 2.47 bits per heavy atom. The largest absolute Gasteiger partial charge is 0.490 e. The zero-order valence-electron chi connectivity index (χ0n) is 18.0. The normalized spacial score (nSPS) is 19.7. The zero-order chi connectivity index (χ0) is 21.6. The number of nitrogens with zero attached hydrogens (tertiary/aromatic N) is 1. The Balaban J connectivity index is 1.50. The molecule has 1 aliphatic rings. The molecule has 1 amide bonds. The molecule has 0 bridgehead atoms. The quantitative estimate of drug-likeness (QED) is 0.766. The molecule has 2 aromatic carbocycles. The van der Waals surface area contributed by atoms with E-state index in [-0.39, 0.29) is 18.6 Å². The second kappa shape index (κ2) is 9.81. The van der Waals surface area contributed by atoms with Crippen LogP contribution in [0.15, 0.2) is 60.7 Å². The molecule has 0 saturated carbocycles. The number of aliphatic hydroxyl groups is 1. The lowest BCUT2D eigenvalue weighted by atomic mass is 9.87. The maximum absolute atomic E-state index is 12.2. The van der Waals surface area contributed by atoms with Crippen LogP contribution in [0.3, 0.4) is 0 Å². The molecule has 2 unspecified atom stereocenters. The summed E-state index contributed by atoms with van der Waals surface area (Å²) in [6.07, 6.45) is 3.72. The fourth-order valence-electron chi connectivity index (χ4n) is 3.52. The summed E-state index contributed by atoms with van der Waals surface area (Å²) in [5.74, 6) is 0.785. The fraction of sp³-hybridized carbons (Fsp3) is 0.400. The van der Waals surface area contributed by atoms with Crippen molar-refractivity contribution in [2.24, 2.45) is 0 Å². The van der Waals surface area contributed by atoms with Crippen molar-refractivity contribution in [3.8, 4) is 5.75 Å². The van der Waals surface area contributed by atoms with Crippen molar-refractivity contribution in [1.29, 1.82) is 0 Å². The van der Waals surface area contributed by atoms with Crippen molar-refractivity contribution in [3.63, 3.8) is 0 Å². The molecule has 30 heavy (non-hydrogen) atoms. The van der Waals surface area contributed by atoms with E-state index in [1.165, 1.54) is 0 Å². The van der Waals surface area contributed by atoms with Gasteiger partial charge in [0.15, 0.2) is 0 Å². The zero-order valence-corrected chi connectivity index (χ0v) is 18.0. The van der Waals surface area contributed by atoms with E-state index in [4.69, 9.17) is 9.47 Å². The van der Waals surface area contributed by atoms with E-state index in [9.17, 15) is 9.90 Å². The molecule has 1 fully saturated rings. The van der Waals surface area contributed by atoms with E-state index in [1.807, 2.05) is 87.5 Å². The van der Waals surface area contributed by atoms with Gasteiger partial charge in [-0.15, -0.1) is 0 Å².